The van der Waals surface area contributed by atoms with E-state index < -0.39 is 11.0 Å². The molecule has 1 saturated heterocycles. The maximum atomic E-state index is 12.2. The van der Waals surface area contributed by atoms with E-state index in [1.807, 2.05) is 12.1 Å². The molecule has 4 N–H and O–H groups in total. The summed E-state index contributed by atoms with van der Waals surface area (Å²) in [7, 11) is 1.58. The number of aliphatic hydroxyl groups is 1. The average molecular weight is 376 g/mol. The first-order valence-electron chi connectivity index (χ1n) is 10.0. The predicted molar refractivity (Wildman–Crippen MR) is 107 cm³/mol. The Bertz CT molecular complexity index is 1120. The fourth-order valence-corrected chi connectivity index (χ4v) is 6.27. The molecule has 0 amide bonds. The Hall–Kier alpha value is -2.50. The number of para-hydroxylation sites is 1. The predicted octanol–water partition coefficient (Wildman–Crippen LogP) is 2.57. The molecule has 3 atom stereocenters. The van der Waals surface area contributed by atoms with Crippen LogP contribution in [0.15, 0.2) is 36.4 Å². The molecule has 5 heteroatoms. The van der Waals surface area contributed by atoms with Crippen molar-refractivity contribution in [3.05, 3.63) is 58.8 Å². The quantitative estimate of drug-likeness (QED) is 0.526. The second-order valence-corrected chi connectivity index (χ2v) is 8.60. The lowest BCUT2D eigenvalue weighted by atomic mass is 9.49. The molecule has 5 nitrogen and oxygen atoms in total. The van der Waals surface area contributed by atoms with E-state index in [1.54, 1.807) is 7.11 Å². The third-order valence-corrected chi connectivity index (χ3v) is 7.52. The molecular weight excluding hydrogens is 352 g/mol. The van der Waals surface area contributed by atoms with Crippen LogP contribution >= 0.6 is 0 Å². The maximum absolute atomic E-state index is 12.2. The Morgan fingerprint density at radius 2 is 2.00 bits per heavy atom. The van der Waals surface area contributed by atoms with Crippen molar-refractivity contribution in [1.82, 2.24) is 10.3 Å². The number of ether oxygens (including phenoxy) is 1. The number of aromatic nitrogens is 1. The summed E-state index contributed by atoms with van der Waals surface area (Å²) in [4.78, 5) is 3.60. The summed E-state index contributed by atoms with van der Waals surface area (Å²) in [5, 5.41) is 28.1. The molecule has 0 unspecified atom stereocenters. The van der Waals surface area contributed by atoms with Gasteiger partial charge in [-0.15, -0.1) is 0 Å². The molecule has 6 rings (SSSR count). The van der Waals surface area contributed by atoms with Crippen LogP contribution in [0.1, 0.15) is 28.8 Å². The smallest absolute Gasteiger partial charge is 0.161 e. The van der Waals surface area contributed by atoms with Crippen LogP contribution in [0.5, 0.6) is 11.5 Å². The third-order valence-electron chi connectivity index (χ3n) is 7.52. The lowest BCUT2D eigenvalue weighted by molar-refractivity contribution is -0.106. The summed E-state index contributed by atoms with van der Waals surface area (Å²) in [5.74, 6) is 0.674. The number of rotatable bonds is 1. The normalized spacial score (nSPS) is 30.4. The van der Waals surface area contributed by atoms with Gasteiger partial charge in [0.25, 0.3) is 0 Å². The number of phenolic OH excluding ortho intramolecular Hbond substituents is 1. The van der Waals surface area contributed by atoms with Gasteiger partial charge in [0.15, 0.2) is 11.5 Å². The highest BCUT2D eigenvalue weighted by Crippen LogP contribution is 2.58. The van der Waals surface area contributed by atoms with Gasteiger partial charge in [0.05, 0.1) is 12.7 Å². The standard InChI is InChI=1S/C23H24N2O3/c1-28-18-7-6-13-10-19-23(27)11-15-14-4-2-3-5-16(14)25-17(15)12-22(23,8-9-24-19)20(13)21(18)26/h2-7,19,24-27H,8-12H2,1H3/t19-,22-,23+/m0/s1. The van der Waals surface area contributed by atoms with Crippen molar-refractivity contribution >= 4 is 10.9 Å². The van der Waals surface area contributed by atoms with Gasteiger partial charge in [-0.1, -0.05) is 24.3 Å². The Balaban J connectivity index is 1.65. The fourth-order valence-electron chi connectivity index (χ4n) is 6.27. The van der Waals surface area contributed by atoms with E-state index in [4.69, 9.17) is 4.74 Å². The van der Waals surface area contributed by atoms with Gasteiger partial charge in [-0.3, -0.25) is 0 Å². The van der Waals surface area contributed by atoms with Gasteiger partial charge in [-0.2, -0.15) is 0 Å². The number of aromatic hydroxyl groups is 1. The first-order chi connectivity index (χ1) is 13.6. The molecule has 2 aromatic carbocycles. The van der Waals surface area contributed by atoms with Gasteiger partial charge in [0.1, 0.15) is 0 Å². The third kappa shape index (κ3) is 1.79. The highest BCUT2D eigenvalue weighted by molar-refractivity contribution is 5.85. The van der Waals surface area contributed by atoms with E-state index in [0.717, 1.165) is 29.6 Å². The van der Waals surface area contributed by atoms with Crippen molar-refractivity contribution in [2.45, 2.75) is 42.7 Å². The van der Waals surface area contributed by atoms with Crippen molar-refractivity contribution in [3.63, 3.8) is 0 Å². The van der Waals surface area contributed by atoms with Crippen LogP contribution < -0.4 is 10.1 Å². The highest BCUT2D eigenvalue weighted by atomic mass is 16.5. The lowest BCUT2D eigenvalue weighted by Gasteiger charge is -2.60. The summed E-state index contributed by atoms with van der Waals surface area (Å²) in [6, 6.07) is 12.2. The van der Waals surface area contributed by atoms with Crippen LogP contribution in [0.2, 0.25) is 0 Å². The van der Waals surface area contributed by atoms with E-state index in [-0.39, 0.29) is 11.8 Å². The van der Waals surface area contributed by atoms with E-state index in [1.165, 1.54) is 16.6 Å². The number of benzene rings is 2. The number of methoxy groups -OCH3 is 1. The highest BCUT2D eigenvalue weighted by Gasteiger charge is 2.64. The molecule has 2 bridgehead atoms. The van der Waals surface area contributed by atoms with Crippen LogP contribution in [0.25, 0.3) is 10.9 Å². The van der Waals surface area contributed by atoms with E-state index >= 15 is 0 Å². The van der Waals surface area contributed by atoms with Crippen molar-refractivity contribution in [3.8, 4) is 11.5 Å². The monoisotopic (exact) mass is 376 g/mol. The first-order valence-corrected chi connectivity index (χ1v) is 10.0. The maximum Gasteiger partial charge on any atom is 0.161 e. The Kier molecular flexibility index (Phi) is 3.12. The molecule has 2 aliphatic carbocycles. The van der Waals surface area contributed by atoms with Gasteiger partial charge in [-0.05, 0) is 42.6 Å². The minimum Gasteiger partial charge on any atom is -0.504 e. The molecule has 144 valence electrons. The largest absolute Gasteiger partial charge is 0.504 e. The number of hydrogen-bond donors (Lipinski definition) is 4. The second-order valence-electron chi connectivity index (χ2n) is 8.60. The van der Waals surface area contributed by atoms with E-state index in [2.05, 4.69) is 34.6 Å². The van der Waals surface area contributed by atoms with E-state index in [9.17, 15) is 10.2 Å². The number of hydrogen-bond acceptors (Lipinski definition) is 4. The zero-order valence-corrected chi connectivity index (χ0v) is 15.9. The second kappa shape index (κ2) is 5.31. The molecule has 3 aromatic rings. The molecule has 0 saturated carbocycles. The van der Waals surface area contributed by atoms with Crippen LogP contribution in [0.3, 0.4) is 0 Å². The fraction of sp³-hybridized carbons (Fsp3) is 0.391. The van der Waals surface area contributed by atoms with Gasteiger partial charge in [0, 0.05) is 46.5 Å². The summed E-state index contributed by atoms with van der Waals surface area (Å²) in [6.45, 7) is 0.832. The van der Waals surface area contributed by atoms with Crippen molar-refractivity contribution in [2.24, 2.45) is 0 Å². The van der Waals surface area contributed by atoms with Crippen molar-refractivity contribution in [2.75, 3.05) is 13.7 Å². The molecule has 1 aliphatic heterocycles. The molecule has 2 heterocycles. The minimum atomic E-state index is -0.944. The number of H-pyrrole nitrogens is 1. The summed E-state index contributed by atoms with van der Waals surface area (Å²) in [6.07, 6.45) is 2.77. The summed E-state index contributed by atoms with van der Waals surface area (Å²) >= 11 is 0. The number of nitrogens with one attached hydrogen (secondary N) is 2. The summed E-state index contributed by atoms with van der Waals surface area (Å²) in [5.41, 5.74) is 4.04. The number of phenols is 1. The van der Waals surface area contributed by atoms with Crippen molar-refractivity contribution in [1.29, 1.82) is 0 Å². The van der Waals surface area contributed by atoms with E-state index in [0.29, 0.717) is 25.0 Å². The van der Waals surface area contributed by atoms with Gasteiger partial charge < -0.3 is 25.3 Å². The van der Waals surface area contributed by atoms with Crippen LogP contribution in [-0.4, -0.2) is 40.5 Å². The molecule has 28 heavy (non-hydrogen) atoms. The number of piperidine rings is 1. The topological polar surface area (TPSA) is 77.5 Å². The molecule has 0 spiro atoms. The Morgan fingerprint density at radius 3 is 2.86 bits per heavy atom. The summed E-state index contributed by atoms with van der Waals surface area (Å²) < 4.78 is 5.42. The Morgan fingerprint density at radius 1 is 1.14 bits per heavy atom. The first kappa shape index (κ1) is 16.5. The molecule has 1 aromatic heterocycles. The minimum absolute atomic E-state index is 0.0247. The van der Waals surface area contributed by atoms with Gasteiger partial charge >= 0.3 is 0 Å². The molecule has 3 aliphatic rings. The van der Waals surface area contributed by atoms with Gasteiger partial charge in [-0.25, -0.2) is 0 Å². The zero-order valence-electron chi connectivity index (χ0n) is 15.9. The number of aromatic amines is 1. The lowest BCUT2D eigenvalue weighted by Crippen LogP contribution is -2.73. The van der Waals surface area contributed by atoms with Crippen LogP contribution in [0, 0.1) is 0 Å². The molecule has 0 radical (unpaired) electrons. The number of fused-ring (bicyclic) bond motifs is 4. The molecule has 1 fully saturated rings. The van der Waals surface area contributed by atoms with Gasteiger partial charge in [0.2, 0.25) is 0 Å². The molecular formula is C23H24N2O3. The Labute approximate surface area is 163 Å². The SMILES string of the molecule is COc1ccc2c(c1O)[C@@]13CCN[C@@H](C2)[C@]1(O)Cc1c([nH]c2ccccc12)C3. The van der Waals surface area contributed by atoms with Crippen LogP contribution in [0.4, 0.5) is 0 Å². The average Bonchev–Trinajstić information content (AvgIpc) is 3.02. The van der Waals surface area contributed by atoms with Crippen molar-refractivity contribution < 1.29 is 14.9 Å². The zero-order chi connectivity index (χ0) is 19.1. The van der Waals surface area contributed by atoms with Crippen LogP contribution in [-0.2, 0) is 24.7 Å².